The van der Waals surface area contributed by atoms with Gasteiger partial charge in [-0.2, -0.15) is 0 Å². The fourth-order valence-corrected chi connectivity index (χ4v) is 5.11. The molecule has 2 amide bonds. The van der Waals surface area contributed by atoms with Gasteiger partial charge in [0.1, 0.15) is 11.7 Å². The number of hydrogen-bond acceptors (Lipinski definition) is 4. The highest BCUT2D eigenvalue weighted by Gasteiger charge is 2.55. The molecule has 3 N–H and O–H groups in total. The van der Waals surface area contributed by atoms with Gasteiger partial charge in [0.15, 0.2) is 0 Å². The monoisotopic (exact) mass is 520 g/mol. The molecule has 1 aliphatic rings. The molecule has 0 bridgehead atoms. The van der Waals surface area contributed by atoms with Crippen molar-refractivity contribution in [2.45, 2.75) is 24.9 Å². The predicted octanol–water partition coefficient (Wildman–Crippen LogP) is 4.77. The third-order valence-corrected chi connectivity index (χ3v) is 6.64. The van der Waals surface area contributed by atoms with E-state index in [1.807, 2.05) is 18.2 Å². The van der Waals surface area contributed by atoms with Crippen LogP contribution in [0.5, 0.6) is 0 Å². The lowest BCUT2D eigenvalue weighted by Gasteiger charge is -2.44. The fourth-order valence-electron chi connectivity index (χ4n) is 4.69. The third-order valence-electron chi connectivity index (χ3n) is 6.15. The minimum absolute atomic E-state index is 0.308. The number of Topliss-reactive ketones (excluding diaryl/α,β-unsaturated/α-hetero) is 1. The molecule has 1 aliphatic carbocycles. The Labute approximate surface area is 206 Å². The van der Waals surface area contributed by atoms with Crippen LogP contribution in [0.2, 0.25) is 0 Å². The van der Waals surface area contributed by atoms with Gasteiger partial charge in [-0.1, -0.05) is 64.5 Å². The molecule has 174 valence electrons. The molecule has 6 nitrogen and oxygen atoms in total. The molecule has 1 saturated carbocycles. The minimum Gasteiger partial charge on any atom is -0.389 e. The Balaban J connectivity index is 1.77. The van der Waals surface area contributed by atoms with Crippen LogP contribution in [0, 0.1) is 11.8 Å². The number of para-hydroxylation sites is 2. The summed E-state index contributed by atoms with van der Waals surface area (Å²) in [5.41, 5.74) is 0.0884. The van der Waals surface area contributed by atoms with E-state index in [9.17, 15) is 19.5 Å². The molecular weight excluding hydrogens is 496 g/mol. The quantitative estimate of drug-likeness (QED) is 0.422. The van der Waals surface area contributed by atoms with Crippen LogP contribution < -0.4 is 10.6 Å². The van der Waals surface area contributed by atoms with E-state index < -0.39 is 41.0 Å². The Kier molecular flexibility index (Phi) is 6.95. The zero-order chi connectivity index (χ0) is 24.3. The van der Waals surface area contributed by atoms with Gasteiger partial charge in [-0.15, -0.1) is 0 Å². The highest BCUT2D eigenvalue weighted by Crippen LogP contribution is 2.47. The van der Waals surface area contributed by atoms with E-state index in [-0.39, 0.29) is 6.42 Å². The highest BCUT2D eigenvalue weighted by atomic mass is 79.9. The van der Waals surface area contributed by atoms with Gasteiger partial charge in [-0.05, 0) is 48.9 Å². The van der Waals surface area contributed by atoms with Crippen molar-refractivity contribution in [3.8, 4) is 0 Å². The molecule has 7 heteroatoms. The number of carbonyl (C=O) groups excluding carboxylic acids is 3. The number of amides is 2. The molecule has 3 aromatic rings. The van der Waals surface area contributed by atoms with Crippen molar-refractivity contribution in [2.24, 2.45) is 11.8 Å². The SMILES string of the molecule is CC1(O)CC(=O)C(C(=O)Nc2ccccc2)C(c2cccc(Br)c2)C1C(=O)Nc1ccccc1. The number of nitrogens with one attached hydrogen (secondary N) is 2. The van der Waals surface area contributed by atoms with Gasteiger partial charge in [0.05, 0.1) is 11.5 Å². The van der Waals surface area contributed by atoms with Crippen molar-refractivity contribution in [1.29, 1.82) is 0 Å². The van der Waals surface area contributed by atoms with Crippen LogP contribution in [0.4, 0.5) is 11.4 Å². The van der Waals surface area contributed by atoms with Crippen LogP contribution in [0.3, 0.4) is 0 Å². The molecule has 1 fully saturated rings. The topological polar surface area (TPSA) is 95.5 Å². The molecule has 0 saturated heterocycles. The zero-order valence-electron chi connectivity index (χ0n) is 18.6. The standard InChI is InChI=1S/C27H25BrN2O4/c1-27(34)16-21(31)23(25(32)29-19-11-4-2-5-12-19)22(17-9-8-10-18(28)15-17)24(27)26(33)30-20-13-6-3-7-14-20/h2-15,22-24,34H,16H2,1H3,(H,29,32)(H,30,33). The van der Waals surface area contributed by atoms with E-state index in [1.54, 1.807) is 66.7 Å². The Morgan fingerprint density at radius 1 is 0.882 bits per heavy atom. The maximum absolute atomic E-state index is 13.6. The number of halogens is 1. The summed E-state index contributed by atoms with van der Waals surface area (Å²) in [5, 5.41) is 17.0. The zero-order valence-corrected chi connectivity index (χ0v) is 20.2. The van der Waals surface area contributed by atoms with Crippen LogP contribution in [0.25, 0.3) is 0 Å². The lowest BCUT2D eigenvalue weighted by Crippen LogP contribution is -2.56. The van der Waals surface area contributed by atoms with Crippen molar-refractivity contribution in [1.82, 2.24) is 0 Å². The van der Waals surface area contributed by atoms with E-state index in [2.05, 4.69) is 26.6 Å². The number of ketones is 1. The Morgan fingerprint density at radius 3 is 2.00 bits per heavy atom. The molecule has 3 aromatic carbocycles. The Bertz CT molecular complexity index is 1200. The molecule has 34 heavy (non-hydrogen) atoms. The summed E-state index contributed by atoms with van der Waals surface area (Å²) in [4.78, 5) is 40.3. The second-order valence-electron chi connectivity index (χ2n) is 8.75. The first kappa shape index (κ1) is 23.9. The lowest BCUT2D eigenvalue weighted by molar-refractivity contribution is -0.150. The number of anilines is 2. The molecule has 0 heterocycles. The number of carbonyl (C=O) groups is 3. The Hall–Kier alpha value is -3.29. The van der Waals surface area contributed by atoms with Crippen molar-refractivity contribution < 1.29 is 19.5 Å². The number of rotatable bonds is 5. The smallest absolute Gasteiger partial charge is 0.235 e. The first-order valence-corrected chi connectivity index (χ1v) is 11.8. The maximum Gasteiger partial charge on any atom is 0.235 e. The van der Waals surface area contributed by atoms with Crippen molar-refractivity contribution >= 4 is 44.9 Å². The van der Waals surface area contributed by atoms with Gasteiger partial charge in [-0.3, -0.25) is 14.4 Å². The van der Waals surface area contributed by atoms with Gasteiger partial charge in [-0.25, -0.2) is 0 Å². The maximum atomic E-state index is 13.6. The summed E-state index contributed by atoms with van der Waals surface area (Å²) < 4.78 is 0.743. The summed E-state index contributed by atoms with van der Waals surface area (Å²) in [6, 6.07) is 24.9. The summed E-state index contributed by atoms with van der Waals surface area (Å²) in [5.74, 6) is -4.44. The summed E-state index contributed by atoms with van der Waals surface area (Å²) in [7, 11) is 0. The van der Waals surface area contributed by atoms with Gasteiger partial charge >= 0.3 is 0 Å². The van der Waals surface area contributed by atoms with E-state index in [0.717, 1.165) is 4.47 Å². The van der Waals surface area contributed by atoms with Crippen molar-refractivity contribution in [3.63, 3.8) is 0 Å². The van der Waals surface area contributed by atoms with Gasteiger partial charge in [0, 0.05) is 28.2 Å². The minimum atomic E-state index is -1.65. The number of aliphatic hydroxyl groups is 1. The molecule has 0 radical (unpaired) electrons. The van der Waals surface area contributed by atoms with E-state index in [1.165, 1.54) is 6.92 Å². The normalized spacial score (nSPS) is 24.3. The van der Waals surface area contributed by atoms with Crippen LogP contribution in [0.15, 0.2) is 89.4 Å². The Morgan fingerprint density at radius 2 is 1.44 bits per heavy atom. The van der Waals surface area contributed by atoms with Crippen LogP contribution >= 0.6 is 15.9 Å². The average Bonchev–Trinajstić information content (AvgIpc) is 2.79. The lowest BCUT2D eigenvalue weighted by atomic mass is 9.61. The molecule has 4 unspecified atom stereocenters. The molecule has 0 aliphatic heterocycles. The summed E-state index contributed by atoms with van der Waals surface area (Å²) in [6.07, 6.45) is -0.308. The molecule has 0 spiro atoms. The van der Waals surface area contributed by atoms with Crippen LogP contribution in [0.1, 0.15) is 24.8 Å². The van der Waals surface area contributed by atoms with E-state index in [4.69, 9.17) is 0 Å². The first-order valence-electron chi connectivity index (χ1n) is 11.0. The van der Waals surface area contributed by atoms with Crippen LogP contribution in [-0.4, -0.2) is 28.3 Å². The highest BCUT2D eigenvalue weighted by molar-refractivity contribution is 9.10. The largest absolute Gasteiger partial charge is 0.389 e. The van der Waals surface area contributed by atoms with Gasteiger partial charge in [0.25, 0.3) is 0 Å². The number of benzene rings is 3. The predicted molar refractivity (Wildman–Crippen MR) is 134 cm³/mol. The molecule has 4 atom stereocenters. The first-order chi connectivity index (χ1) is 16.3. The summed E-state index contributed by atoms with van der Waals surface area (Å²) >= 11 is 3.45. The molecule has 4 rings (SSSR count). The van der Waals surface area contributed by atoms with Crippen LogP contribution in [-0.2, 0) is 14.4 Å². The molecule has 0 aromatic heterocycles. The molecular formula is C27H25BrN2O4. The number of hydrogen-bond donors (Lipinski definition) is 3. The van der Waals surface area contributed by atoms with Gasteiger partial charge in [0.2, 0.25) is 11.8 Å². The van der Waals surface area contributed by atoms with Crippen molar-refractivity contribution in [2.75, 3.05) is 10.6 Å². The van der Waals surface area contributed by atoms with Crippen molar-refractivity contribution in [3.05, 3.63) is 95.0 Å². The summed E-state index contributed by atoms with van der Waals surface area (Å²) in [6.45, 7) is 1.48. The van der Waals surface area contributed by atoms with Gasteiger partial charge < -0.3 is 15.7 Å². The fraction of sp³-hybridized carbons (Fsp3) is 0.222. The second-order valence-corrected chi connectivity index (χ2v) is 9.66. The average molecular weight is 521 g/mol. The van der Waals surface area contributed by atoms with E-state index >= 15 is 0 Å². The third kappa shape index (κ3) is 5.11. The van der Waals surface area contributed by atoms with E-state index in [0.29, 0.717) is 16.9 Å². The second kappa shape index (κ2) is 9.91.